The van der Waals surface area contributed by atoms with Crippen LogP contribution in [0.15, 0.2) is 45.7 Å². The molecule has 1 aromatic carbocycles. The van der Waals surface area contributed by atoms with Crippen LogP contribution in [0.1, 0.15) is 5.76 Å². The molecule has 0 saturated carbocycles. The minimum Gasteiger partial charge on any atom is -0.404 e. The zero-order valence-electron chi connectivity index (χ0n) is 14.1. The first kappa shape index (κ1) is 18.9. The standard InChI is InChI=1S/C15H16N4O7S/c20-18(21)12-1-4-14(5-2-12)27(24,25)17-9-7-16(8-10-17)11-13-3-6-15(26-13)19(22)23/h1-6H,7-11H2. The van der Waals surface area contributed by atoms with Crippen molar-refractivity contribution in [3.8, 4) is 0 Å². The monoisotopic (exact) mass is 396 g/mol. The van der Waals surface area contributed by atoms with Gasteiger partial charge in [0.2, 0.25) is 10.0 Å². The molecule has 0 aliphatic carbocycles. The third-order valence-corrected chi connectivity index (χ3v) is 6.14. The van der Waals surface area contributed by atoms with Gasteiger partial charge in [-0.3, -0.25) is 25.1 Å². The van der Waals surface area contributed by atoms with E-state index in [1.165, 1.54) is 28.6 Å². The van der Waals surface area contributed by atoms with Crippen LogP contribution in [-0.2, 0) is 16.6 Å². The maximum atomic E-state index is 12.7. The minimum absolute atomic E-state index is 0.00297. The Morgan fingerprint density at radius 2 is 1.56 bits per heavy atom. The van der Waals surface area contributed by atoms with Crippen molar-refractivity contribution in [3.63, 3.8) is 0 Å². The zero-order chi connectivity index (χ0) is 19.6. The number of furan rings is 1. The van der Waals surface area contributed by atoms with Crippen molar-refractivity contribution in [1.82, 2.24) is 9.21 Å². The molecule has 1 aliphatic heterocycles. The van der Waals surface area contributed by atoms with E-state index in [-0.39, 0.29) is 29.6 Å². The number of nitro groups is 2. The summed E-state index contributed by atoms with van der Waals surface area (Å²) in [6.07, 6.45) is 0. The van der Waals surface area contributed by atoms with E-state index in [2.05, 4.69) is 0 Å². The summed E-state index contributed by atoms with van der Waals surface area (Å²) >= 11 is 0. The van der Waals surface area contributed by atoms with Gasteiger partial charge in [-0.25, -0.2) is 8.42 Å². The average molecular weight is 396 g/mol. The Morgan fingerprint density at radius 3 is 2.07 bits per heavy atom. The molecule has 12 heteroatoms. The predicted octanol–water partition coefficient (Wildman–Crippen LogP) is 1.60. The van der Waals surface area contributed by atoms with E-state index in [1.54, 1.807) is 0 Å². The summed E-state index contributed by atoms with van der Waals surface area (Å²) in [7, 11) is -3.74. The van der Waals surface area contributed by atoms with Gasteiger partial charge in [-0.05, 0) is 18.2 Å². The van der Waals surface area contributed by atoms with Crippen LogP contribution in [-0.4, -0.2) is 53.6 Å². The van der Waals surface area contributed by atoms with Crippen molar-refractivity contribution in [3.05, 3.63) is 62.4 Å². The molecule has 1 aromatic heterocycles. The van der Waals surface area contributed by atoms with Gasteiger partial charge in [-0.1, -0.05) is 0 Å². The molecule has 0 amide bonds. The second kappa shape index (κ2) is 7.42. The lowest BCUT2D eigenvalue weighted by atomic mass is 10.3. The molecule has 1 aliphatic rings. The average Bonchev–Trinajstić information content (AvgIpc) is 3.11. The lowest BCUT2D eigenvalue weighted by Gasteiger charge is -2.33. The summed E-state index contributed by atoms with van der Waals surface area (Å²) in [5, 5.41) is 21.3. The fourth-order valence-corrected chi connectivity index (χ4v) is 4.21. The first-order valence-electron chi connectivity index (χ1n) is 7.97. The highest BCUT2D eigenvalue weighted by Gasteiger charge is 2.29. The summed E-state index contributed by atoms with van der Waals surface area (Å²) in [6, 6.07) is 7.58. The third-order valence-electron chi connectivity index (χ3n) is 4.22. The highest BCUT2D eigenvalue weighted by atomic mass is 32.2. The Bertz CT molecular complexity index is 947. The van der Waals surface area contributed by atoms with Crippen molar-refractivity contribution >= 4 is 21.6 Å². The van der Waals surface area contributed by atoms with Gasteiger partial charge in [-0.15, -0.1) is 0 Å². The molecule has 1 fully saturated rings. The Balaban J connectivity index is 1.61. The molecule has 27 heavy (non-hydrogen) atoms. The van der Waals surface area contributed by atoms with Crippen LogP contribution in [0.3, 0.4) is 0 Å². The molecule has 0 N–H and O–H groups in total. The third kappa shape index (κ3) is 4.13. The number of rotatable bonds is 6. The van der Waals surface area contributed by atoms with E-state index >= 15 is 0 Å². The van der Waals surface area contributed by atoms with Crippen LogP contribution >= 0.6 is 0 Å². The molecule has 0 unspecified atom stereocenters. The minimum atomic E-state index is -3.74. The normalized spacial score (nSPS) is 16.3. The Kier molecular flexibility index (Phi) is 5.21. The summed E-state index contributed by atoms with van der Waals surface area (Å²) < 4.78 is 31.7. The van der Waals surface area contributed by atoms with E-state index in [0.717, 1.165) is 12.1 Å². The second-order valence-corrected chi connectivity index (χ2v) is 7.87. The quantitative estimate of drug-likeness (QED) is 0.530. The second-order valence-electron chi connectivity index (χ2n) is 5.93. The highest BCUT2D eigenvalue weighted by molar-refractivity contribution is 7.89. The predicted molar refractivity (Wildman–Crippen MR) is 92.5 cm³/mol. The molecule has 0 atom stereocenters. The number of benzene rings is 1. The van der Waals surface area contributed by atoms with Gasteiger partial charge in [-0.2, -0.15) is 4.31 Å². The molecule has 3 rings (SSSR count). The Hall–Kier alpha value is -2.83. The first-order chi connectivity index (χ1) is 12.8. The van der Waals surface area contributed by atoms with Crippen LogP contribution in [0, 0.1) is 20.2 Å². The molecule has 0 spiro atoms. The Morgan fingerprint density at radius 1 is 0.926 bits per heavy atom. The van der Waals surface area contributed by atoms with E-state index in [4.69, 9.17) is 4.42 Å². The SMILES string of the molecule is O=[N+]([O-])c1ccc(S(=O)(=O)N2CCN(Cc3ccc([N+](=O)[O-])o3)CC2)cc1. The number of non-ortho nitro benzene ring substituents is 1. The topological polar surface area (TPSA) is 140 Å². The molecule has 0 radical (unpaired) electrons. The maximum absolute atomic E-state index is 12.7. The lowest BCUT2D eigenvalue weighted by molar-refractivity contribution is -0.402. The zero-order valence-corrected chi connectivity index (χ0v) is 14.9. The first-order valence-corrected chi connectivity index (χ1v) is 9.41. The van der Waals surface area contributed by atoms with E-state index in [0.29, 0.717) is 25.4 Å². The largest absolute Gasteiger partial charge is 0.433 e. The van der Waals surface area contributed by atoms with E-state index < -0.39 is 19.9 Å². The summed E-state index contributed by atoms with van der Waals surface area (Å²) in [4.78, 5) is 22.1. The van der Waals surface area contributed by atoms with Crippen LogP contribution in [0.5, 0.6) is 0 Å². The van der Waals surface area contributed by atoms with Gasteiger partial charge in [0.1, 0.15) is 10.7 Å². The van der Waals surface area contributed by atoms with Crippen LogP contribution < -0.4 is 0 Å². The molecule has 11 nitrogen and oxygen atoms in total. The van der Waals surface area contributed by atoms with Crippen LogP contribution in [0.4, 0.5) is 11.6 Å². The van der Waals surface area contributed by atoms with Crippen molar-refractivity contribution in [2.45, 2.75) is 11.4 Å². The molecule has 2 aromatic rings. The van der Waals surface area contributed by atoms with Gasteiger partial charge in [0.25, 0.3) is 5.69 Å². The molecule has 2 heterocycles. The van der Waals surface area contributed by atoms with Crippen molar-refractivity contribution in [1.29, 1.82) is 0 Å². The van der Waals surface area contributed by atoms with Gasteiger partial charge in [0.05, 0.1) is 22.4 Å². The number of nitro benzene ring substituents is 1. The van der Waals surface area contributed by atoms with Gasteiger partial charge in [0.15, 0.2) is 0 Å². The van der Waals surface area contributed by atoms with E-state index in [1.807, 2.05) is 4.90 Å². The van der Waals surface area contributed by atoms with Crippen molar-refractivity contribution < 1.29 is 22.7 Å². The molecule has 144 valence electrons. The molecular weight excluding hydrogens is 380 g/mol. The van der Waals surface area contributed by atoms with Gasteiger partial charge in [0, 0.05) is 38.3 Å². The van der Waals surface area contributed by atoms with Crippen LogP contribution in [0.2, 0.25) is 0 Å². The van der Waals surface area contributed by atoms with Gasteiger partial charge >= 0.3 is 5.88 Å². The molecular formula is C15H16N4O7S. The lowest BCUT2D eigenvalue weighted by Crippen LogP contribution is -2.48. The fourth-order valence-electron chi connectivity index (χ4n) is 2.79. The number of nitrogens with zero attached hydrogens (tertiary/aromatic N) is 4. The smallest absolute Gasteiger partial charge is 0.404 e. The summed E-state index contributed by atoms with van der Waals surface area (Å²) in [5.41, 5.74) is -0.175. The Labute approximate surface area is 154 Å². The summed E-state index contributed by atoms with van der Waals surface area (Å²) in [5.74, 6) is 0.109. The van der Waals surface area contributed by atoms with Gasteiger partial charge < -0.3 is 4.42 Å². The fraction of sp³-hybridized carbons (Fsp3) is 0.333. The highest BCUT2D eigenvalue weighted by Crippen LogP contribution is 2.22. The van der Waals surface area contributed by atoms with Crippen molar-refractivity contribution in [2.24, 2.45) is 0 Å². The number of hydrogen-bond acceptors (Lipinski definition) is 8. The van der Waals surface area contributed by atoms with Crippen LogP contribution in [0.25, 0.3) is 0 Å². The number of piperazine rings is 1. The maximum Gasteiger partial charge on any atom is 0.433 e. The number of hydrogen-bond donors (Lipinski definition) is 0. The van der Waals surface area contributed by atoms with E-state index in [9.17, 15) is 28.6 Å². The number of sulfonamides is 1. The molecule has 0 bridgehead atoms. The molecule has 1 saturated heterocycles. The summed E-state index contributed by atoms with van der Waals surface area (Å²) in [6.45, 7) is 1.69. The van der Waals surface area contributed by atoms with Crippen molar-refractivity contribution in [2.75, 3.05) is 26.2 Å².